The van der Waals surface area contributed by atoms with Gasteiger partial charge in [-0.1, -0.05) is 53.5 Å². The molecule has 1 atom stereocenters. The highest BCUT2D eigenvalue weighted by Crippen LogP contribution is 2.18. The highest BCUT2D eigenvalue weighted by Gasteiger charge is 2.22. The molecule has 2 N–H and O–H groups in total. The van der Waals surface area contributed by atoms with E-state index in [1.54, 1.807) is 42.5 Å². The van der Waals surface area contributed by atoms with Crippen molar-refractivity contribution in [3.8, 4) is 0 Å². The molecule has 0 radical (unpaired) electrons. The van der Waals surface area contributed by atoms with Crippen LogP contribution < -0.4 is 5.32 Å². The van der Waals surface area contributed by atoms with Gasteiger partial charge in [0, 0.05) is 11.4 Å². The first-order valence-electron chi connectivity index (χ1n) is 6.50. The Kier molecular flexibility index (Phi) is 5.41. The first kappa shape index (κ1) is 16.3. The number of carbonyl (C=O) groups is 2. The Balaban J connectivity index is 2.16. The van der Waals surface area contributed by atoms with Crippen molar-refractivity contribution in [1.29, 1.82) is 0 Å². The number of nitrogens with one attached hydrogen (secondary N) is 1. The number of carbonyl (C=O) groups excluding carboxylic acids is 1. The first-order valence-corrected chi connectivity index (χ1v) is 7.26. The van der Waals surface area contributed by atoms with Gasteiger partial charge >= 0.3 is 5.97 Å². The Morgan fingerprint density at radius 3 is 2.18 bits per heavy atom. The Labute approximate surface area is 137 Å². The molecule has 0 spiro atoms. The van der Waals surface area contributed by atoms with Crippen molar-refractivity contribution in [2.24, 2.45) is 0 Å². The molecule has 6 heteroatoms. The molecule has 0 unspecified atom stereocenters. The van der Waals surface area contributed by atoms with Crippen molar-refractivity contribution in [2.45, 2.75) is 12.5 Å². The number of aliphatic carboxylic acids is 1. The smallest absolute Gasteiger partial charge is 0.326 e. The van der Waals surface area contributed by atoms with Crippen molar-refractivity contribution in [3.63, 3.8) is 0 Å². The van der Waals surface area contributed by atoms with E-state index in [9.17, 15) is 14.7 Å². The normalized spacial score (nSPS) is 11.7. The molecule has 2 aromatic rings. The molecule has 0 heterocycles. The minimum Gasteiger partial charge on any atom is -0.480 e. The van der Waals surface area contributed by atoms with Gasteiger partial charge in [-0.3, -0.25) is 4.79 Å². The zero-order valence-electron chi connectivity index (χ0n) is 11.4. The quantitative estimate of drug-likeness (QED) is 0.878. The SMILES string of the molecule is O=C(N[C@H](Cc1ccccc1Cl)C(=O)O)c1ccccc1Cl. The van der Waals surface area contributed by atoms with Crippen LogP contribution in [0.1, 0.15) is 15.9 Å². The first-order chi connectivity index (χ1) is 10.5. The molecular weight excluding hydrogens is 325 g/mol. The van der Waals surface area contributed by atoms with Crippen LogP contribution in [-0.4, -0.2) is 23.0 Å². The summed E-state index contributed by atoms with van der Waals surface area (Å²) in [6, 6.07) is 12.3. The molecule has 2 rings (SSSR count). The molecule has 0 saturated heterocycles. The predicted molar refractivity (Wildman–Crippen MR) is 85.5 cm³/mol. The summed E-state index contributed by atoms with van der Waals surface area (Å²) < 4.78 is 0. The third kappa shape index (κ3) is 4.00. The van der Waals surface area contributed by atoms with Crippen LogP contribution >= 0.6 is 23.2 Å². The van der Waals surface area contributed by atoms with E-state index in [4.69, 9.17) is 23.2 Å². The molecule has 22 heavy (non-hydrogen) atoms. The number of carboxylic acid groups (broad SMARTS) is 1. The third-order valence-electron chi connectivity index (χ3n) is 3.10. The lowest BCUT2D eigenvalue weighted by molar-refractivity contribution is -0.139. The maximum atomic E-state index is 12.2. The third-order valence-corrected chi connectivity index (χ3v) is 3.80. The number of carboxylic acids is 1. The summed E-state index contributed by atoms with van der Waals surface area (Å²) in [4.78, 5) is 23.5. The Bertz CT molecular complexity index is 703. The van der Waals surface area contributed by atoms with Crippen LogP contribution in [0.5, 0.6) is 0 Å². The average molecular weight is 338 g/mol. The summed E-state index contributed by atoms with van der Waals surface area (Å²) in [5.41, 5.74) is 0.880. The fourth-order valence-electron chi connectivity index (χ4n) is 1.97. The van der Waals surface area contributed by atoms with Gasteiger partial charge in [0.2, 0.25) is 0 Å². The van der Waals surface area contributed by atoms with Gasteiger partial charge in [-0.15, -0.1) is 0 Å². The van der Waals surface area contributed by atoms with Crippen LogP contribution in [0.3, 0.4) is 0 Å². The standard InChI is InChI=1S/C16H13Cl2NO3/c17-12-7-3-1-5-10(12)9-14(16(21)22)19-15(20)11-6-2-4-8-13(11)18/h1-8,14H,9H2,(H,19,20)(H,21,22)/t14-/m1/s1. The van der Waals surface area contributed by atoms with Crippen molar-refractivity contribution in [3.05, 3.63) is 69.7 Å². The minimum atomic E-state index is -1.14. The van der Waals surface area contributed by atoms with E-state index >= 15 is 0 Å². The number of amides is 1. The monoisotopic (exact) mass is 337 g/mol. The van der Waals surface area contributed by atoms with Crippen molar-refractivity contribution in [1.82, 2.24) is 5.32 Å². The Morgan fingerprint density at radius 2 is 1.59 bits per heavy atom. The second-order valence-corrected chi connectivity index (χ2v) is 5.45. The molecule has 0 aliphatic carbocycles. The molecule has 2 aromatic carbocycles. The van der Waals surface area contributed by atoms with Crippen LogP contribution in [0, 0.1) is 0 Å². The molecule has 0 fully saturated rings. The molecule has 1 amide bonds. The number of rotatable bonds is 5. The van der Waals surface area contributed by atoms with E-state index in [-0.39, 0.29) is 17.0 Å². The summed E-state index contributed by atoms with van der Waals surface area (Å²) >= 11 is 12.0. The zero-order valence-corrected chi connectivity index (χ0v) is 12.9. The number of hydrogen-bond donors (Lipinski definition) is 2. The zero-order chi connectivity index (χ0) is 16.1. The van der Waals surface area contributed by atoms with E-state index < -0.39 is 17.9 Å². The van der Waals surface area contributed by atoms with E-state index in [0.29, 0.717) is 10.6 Å². The summed E-state index contributed by atoms with van der Waals surface area (Å²) in [6.45, 7) is 0. The lowest BCUT2D eigenvalue weighted by Crippen LogP contribution is -2.42. The van der Waals surface area contributed by atoms with E-state index in [1.807, 2.05) is 0 Å². The van der Waals surface area contributed by atoms with Gasteiger partial charge in [-0.2, -0.15) is 0 Å². The molecule has 4 nitrogen and oxygen atoms in total. The summed E-state index contributed by atoms with van der Waals surface area (Å²) in [5.74, 6) is -1.68. The number of halogens is 2. The predicted octanol–water partition coefficient (Wildman–Crippen LogP) is 3.42. The molecule has 0 aliphatic rings. The molecule has 0 aromatic heterocycles. The van der Waals surface area contributed by atoms with Gasteiger partial charge in [0.25, 0.3) is 5.91 Å². The van der Waals surface area contributed by atoms with Crippen LogP contribution in [0.25, 0.3) is 0 Å². The molecule has 0 saturated carbocycles. The molecule has 0 aliphatic heterocycles. The maximum absolute atomic E-state index is 12.2. The number of benzene rings is 2. The maximum Gasteiger partial charge on any atom is 0.326 e. The average Bonchev–Trinajstić information content (AvgIpc) is 2.49. The summed E-state index contributed by atoms with van der Waals surface area (Å²) in [7, 11) is 0. The van der Waals surface area contributed by atoms with E-state index in [2.05, 4.69) is 5.32 Å². The topological polar surface area (TPSA) is 66.4 Å². The Hall–Kier alpha value is -2.04. The summed E-state index contributed by atoms with van der Waals surface area (Å²) in [6.07, 6.45) is 0.0885. The molecule has 114 valence electrons. The van der Waals surface area contributed by atoms with Gasteiger partial charge < -0.3 is 10.4 Å². The van der Waals surface area contributed by atoms with E-state index in [0.717, 1.165) is 0 Å². The van der Waals surface area contributed by atoms with Crippen molar-refractivity contribution >= 4 is 35.1 Å². The molecule has 0 bridgehead atoms. The second kappa shape index (κ2) is 7.29. The molecular formula is C16H13Cl2NO3. The lowest BCUT2D eigenvalue weighted by Gasteiger charge is -2.16. The highest BCUT2D eigenvalue weighted by atomic mass is 35.5. The van der Waals surface area contributed by atoms with Crippen LogP contribution in [0.15, 0.2) is 48.5 Å². The summed E-state index contributed by atoms with van der Waals surface area (Å²) in [5, 5.41) is 12.5. The largest absolute Gasteiger partial charge is 0.480 e. The second-order valence-electron chi connectivity index (χ2n) is 4.64. The van der Waals surface area contributed by atoms with Crippen LogP contribution in [-0.2, 0) is 11.2 Å². The van der Waals surface area contributed by atoms with Crippen LogP contribution in [0.2, 0.25) is 10.0 Å². The number of hydrogen-bond acceptors (Lipinski definition) is 2. The fraction of sp³-hybridized carbons (Fsp3) is 0.125. The van der Waals surface area contributed by atoms with E-state index in [1.165, 1.54) is 6.07 Å². The van der Waals surface area contributed by atoms with Gasteiger partial charge in [-0.25, -0.2) is 4.79 Å². The van der Waals surface area contributed by atoms with Gasteiger partial charge in [0.1, 0.15) is 6.04 Å². The van der Waals surface area contributed by atoms with Crippen LogP contribution in [0.4, 0.5) is 0 Å². The Morgan fingerprint density at radius 1 is 1.00 bits per heavy atom. The lowest BCUT2D eigenvalue weighted by atomic mass is 10.1. The van der Waals surface area contributed by atoms with Crippen molar-refractivity contribution < 1.29 is 14.7 Å². The fourth-order valence-corrected chi connectivity index (χ4v) is 2.40. The minimum absolute atomic E-state index is 0.0885. The highest BCUT2D eigenvalue weighted by molar-refractivity contribution is 6.33. The van der Waals surface area contributed by atoms with Gasteiger partial charge in [0.15, 0.2) is 0 Å². The van der Waals surface area contributed by atoms with Crippen molar-refractivity contribution in [2.75, 3.05) is 0 Å². The van der Waals surface area contributed by atoms with Gasteiger partial charge in [0.05, 0.1) is 10.6 Å². The van der Waals surface area contributed by atoms with Gasteiger partial charge in [-0.05, 0) is 23.8 Å².